The SMILES string of the molecule is CC1(CCF)NC(=O)N(c2cnc(-c3ccccc3)s2)C1=O. The summed E-state index contributed by atoms with van der Waals surface area (Å²) in [6.07, 6.45) is 1.45. The number of thiazole rings is 1. The van der Waals surface area contributed by atoms with Crippen molar-refractivity contribution in [2.75, 3.05) is 11.6 Å². The third-order valence-electron chi connectivity index (χ3n) is 3.59. The van der Waals surface area contributed by atoms with Gasteiger partial charge in [-0.05, 0) is 6.92 Å². The molecular weight excluding hydrogens is 305 g/mol. The number of carbonyl (C=O) groups is 2. The fraction of sp³-hybridized carbons (Fsp3) is 0.267. The van der Waals surface area contributed by atoms with Gasteiger partial charge in [0.05, 0.1) is 12.9 Å². The first-order valence-corrected chi connectivity index (χ1v) is 7.61. The number of alkyl halides is 1. The number of rotatable bonds is 4. The summed E-state index contributed by atoms with van der Waals surface area (Å²) in [5.41, 5.74) is -0.278. The van der Waals surface area contributed by atoms with Crippen LogP contribution in [0.2, 0.25) is 0 Å². The number of urea groups is 1. The Balaban J connectivity index is 1.91. The van der Waals surface area contributed by atoms with Crippen molar-refractivity contribution >= 4 is 28.3 Å². The van der Waals surface area contributed by atoms with Crippen molar-refractivity contribution in [1.82, 2.24) is 10.3 Å². The number of carbonyl (C=O) groups excluding carboxylic acids is 2. The summed E-state index contributed by atoms with van der Waals surface area (Å²) >= 11 is 1.25. The van der Waals surface area contributed by atoms with Gasteiger partial charge in [-0.2, -0.15) is 0 Å². The van der Waals surface area contributed by atoms with E-state index in [-0.39, 0.29) is 6.42 Å². The highest BCUT2D eigenvalue weighted by Gasteiger charge is 2.48. The van der Waals surface area contributed by atoms with Gasteiger partial charge in [-0.3, -0.25) is 9.18 Å². The molecule has 1 aliphatic heterocycles. The van der Waals surface area contributed by atoms with Crippen molar-refractivity contribution in [3.05, 3.63) is 36.5 Å². The van der Waals surface area contributed by atoms with Gasteiger partial charge < -0.3 is 5.32 Å². The molecule has 2 aromatic rings. The molecule has 1 N–H and O–H groups in total. The molecule has 1 aliphatic rings. The lowest BCUT2D eigenvalue weighted by Crippen LogP contribution is -2.44. The molecule has 0 saturated carbocycles. The van der Waals surface area contributed by atoms with Crippen LogP contribution in [-0.2, 0) is 4.79 Å². The van der Waals surface area contributed by atoms with Gasteiger partial charge >= 0.3 is 6.03 Å². The van der Waals surface area contributed by atoms with Gasteiger partial charge in [0.25, 0.3) is 5.91 Å². The maximum absolute atomic E-state index is 12.6. The van der Waals surface area contributed by atoms with Crippen LogP contribution in [0.15, 0.2) is 36.5 Å². The molecule has 22 heavy (non-hydrogen) atoms. The number of aromatic nitrogens is 1. The minimum Gasteiger partial charge on any atom is -0.323 e. The summed E-state index contributed by atoms with van der Waals surface area (Å²) in [6, 6.07) is 8.95. The maximum Gasteiger partial charge on any atom is 0.330 e. The van der Waals surface area contributed by atoms with Crippen LogP contribution in [0.4, 0.5) is 14.2 Å². The van der Waals surface area contributed by atoms with Crippen molar-refractivity contribution < 1.29 is 14.0 Å². The number of amides is 3. The third-order valence-corrected chi connectivity index (χ3v) is 4.62. The standard InChI is InChI=1S/C15H14FN3O2S/c1-15(7-8-16)13(20)19(14(21)18-15)11-9-17-12(22-11)10-5-3-2-4-6-10/h2-6,9H,7-8H2,1H3,(H,18,21). The Hall–Kier alpha value is -2.28. The van der Waals surface area contributed by atoms with Gasteiger partial charge in [0.2, 0.25) is 0 Å². The van der Waals surface area contributed by atoms with E-state index in [1.54, 1.807) is 0 Å². The number of hydrogen-bond donors (Lipinski definition) is 1. The lowest BCUT2D eigenvalue weighted by Gasteiger charge is -2.19. The van der Waals surface area contributed by atoms with E-state index in [2.05, 4.69) is 10.3 Å². The van der Waals surface area contributed by atoms with E-state index < -0.39 is 24.2 Å². The molecule has 0 bridgehead atoms. The van der Waals surface area contributed by atoms with E-state index in [0.29, 0.717) is 5.00 Å². The summed E-state index contributed by atoms with van der Waals surface area (Å²) in [5.74, 6) is -0.446. The molecule has 1 atom stereocenters. The Morgan fingerprint density at radius 2 is 2.05 bits per heavy atom. The van der Waals surface area contributed by atoms with Crippen molar-refractivity contribution in [3.8, 4) is 10.6 Å². The molecule has 1 saturated heterocycles. The predicted molar refractivity (Wildman–Crippen MR) is 82.6 cm³/mol. The van der Waals surface area contributed by atoms with Crippen molar-refractivity contribution in [1.29, 1.82) is 0 Å². The Morgan fingerprint density at radius 1 is 1.32 bits per heavy atom. The molecule has 2 heterocycles. The van der Waals surface area contributed by atoms with E-state index in [0.717, 1.165) is 15.5 Å². The number of halogens is 1. The number of imide groups is 1. The Kier molecular flexibility index (Phi) is 3.66. The highest BCUT2D eigenvalue weighted by atomic mass is 32.1. The lowest BCUT2D eigenvalue weighted by atomic mass is 9.99. The maximum atomic E-state index is 12.6. The predicted octanol–water partition coefficient (Wildman–Crippen LogP) is 2.98. The zero-order valence-electron chi connectivity index (χ0n) is 11.9. The first-order valence-electron chi connectivity index (χ1n) is 6.79. The van der Waals surface area contributed by atoms with Crippen molar-refractivity contribution in [2.24, 2.45) is 0 Å². The van der Waals surface area contributed by atoms with Crippen LogP contribution < -0.4 is 10.2 Å². The van der Waals surface area contributed by atoms with E-state index in [1.807, 2.05) is 30.3 Å². The Labute approximate surface area is 130 Å². The van der Waals surface area contributed by atoms with Gasteiger partial charge in [-0.15, -0.1) is 0 Å². The minimum atomic E-state index is -1.19. The number of nitrogens with zero attached hydrogens (tertiary/aromatic N) is 2. The summed E-state index contributed by atoms with van der Waals surface area (Å²) < 4.78 is 12.6. The molecule has 3 amide bonds. The number of nitrogens with one attached hydrogen (secondary N) is 1. The number of hydrogen-bond acceptors (Lipinski definition) is 4. The first-order chi connectivity index (χ1) is 10.5. The summed E-state index contributed by atoms with van der Waals surface area (Å²) in [5, 5.41) is 3.71. The number of benzene rings is 1. The molecule has 5 nitrogen and oxygen atoms in total. The summed E-state index contributed by atoms with van der Waals surface area (Å²) in [4.78, 5) is 29.8. The molecule has 0 spiro atoms. The van der Waals surface area contributed by atoms with Crippen molar-refractivity contribution in [3.63, 3.8) is 0 Å². The molecule has 1 aromatic heterocycles. The minimum absolute atomic E-state index is 0.0432. The molecule has 1 unspecified atom stereocenters. The van der Waals surface area contributed by atoms with Crippen LogP contribution >= 0.6 is 11.3 Å². The van der Waals surface area contributed by atoms with E-state index >= 15 is 0 Å². The average Bonchev–Trinajstić information content (AvgIpc) is 3.05. The van der Waals surface area contributed by atoms with E-state index in [4.69, 9.17) is 0 Å². The average molecular weight is 319 g/mol. The van der Waals surface area contributed by atoms with Crippen molar-refractivity contribution in [2.45, 2.75) is 18.9 Å². The second-order valence-corrected chi connectivity index (χ2v) is 6.22. The zero-order valence-corrected chi connectivity index (χ0v) is 12.7. The fourth-order valence-corrected chi connectivity index (χ4v) is 3.25. The topological polar surface area (TPSA) is 62.3 Å². The highest BCUT2D eigenvalue weighted by Crippen LogP contribution is 2.34. The normalized spacial score (nSPS) is 21.3. The van der Waals surface area contributed by atoms with Crippen LogP contribution in [0.1, 0.15) is 13.3 Å². The van der Waals surface area contributed by atoms with Crippen LogP contribution in [-0.4, -0.2) is 29.1 Å². The fourth-order valence-electron chi connectivity index (χ4n) is 2.33. The number of anilines is 1. The molecular formula is C15H14FN3O2S. The quantitative estimate of drug-likeness (QED) is 0.881. The van der Waals surface area contributed by atoms with E-state index in [1.165, 1.54) is 24.5 Å². The highest BCUT2D eigenvalue weighted by molar-refractivity contribution is 7.19. The third kappa shape index (κ3) is 2.37. The second kappa shape index (κ2) is 5.49. The van der Waals surface area contributed by atoms with E-state index in [9.17, 15) is 14.0 Å². The molecule has 0 radical (unpaired) electrons. The van der Waals surface area contributed by atoms with Gasteiger partial charge in [-0.25, -0.2) is 14.7 Å². The Morgan fingerprint density at radius 3 is 2.73 bits per heavy atom. The largest absolute Gasteiger partial charge is 0.330 e. The summed E-state index contributed by atoms with van der Waals surface area (Å²) in [6.45, 7) is 0.861. The smallest absolute Gasteiger partial charge is 0.323 e. The van der Waals surface area contributed by atoms with Gasteiger partial charge in [-0.1, -0.05) is 41.7 Å². The van der Waals surface area contributed by atoms with Crippen LogP contribution in [0.3, 0.4) is 0 Å². The van der Waals surface area contributed by atoms with Crippen LogP contribution in [0.5, 0.6) is 0 Å². The molecule has 114 valence electrons. The summed E-state index contributed by atoms with van der Waals surface area (Å²) in [7, 11) is 0. The molecule has 1 fully saturated rings. The zero-order chi connectivity index (χ0) is 15.7. The first kappa shape index (κ1) is 14.6. The van der Waals surface area contributed by atoms with Gasteiger partial charge in [0.1, 0.15) is 15.5 Å². The molecule has 7 heteroatoms. The molecule has 0 aliphatic carbocycles. The van der Waals surface area contributed by atoms with Crippen LogP contribution in [0.25, 0.3) is 10.6 Å². The molecule has 1 aromatic carbocycles. The lowest BCUT2D eigenvalue weighted by molar-refractivity contribution is -0.121. The molecule has 3 rings (SSSR count). The Bertz CT molecular complexity index is 719. The second-order valence-electron chi connectivity index (χ2n) is 5.21. The monoisotopic (exact) mass is 319 g/mol. The van der Waals surface area contributed by atoms with Gasteiger partial charge in [0.15, 0.2) is 0 Å². The van der Waals surface area contributed by atoms with Crippen LogP contribution in [0, 0.1) is 0 Å². The van der Waals surface area contributed by atoms with Gasteiger partial charge in [0, 0.05) is 12.0 Å².